The highest BCUT2D eigenvalue weighted by Crippen LogP contribution is 2.30. The molecule has 136 valence electrons. The zero-order chi connectivity index (χ0) is 18.8. The fraction of sp³-hybridized carbons (Fsp3) is 0.300. The van der Waals surface area contributed by atoms with E-state index in [2.05, 4.69) is 0 Å². The number of aromatic carboxylic acids is 1. The third kappa shape index (κ3) is 3.58. The third-order valence-electron chi connectivity index (χ3n) is 4.84. The van der Waals surface area contributed by atoms with Crippen molar-refractivity contribution >= 4 is 23.5 Å². The van der Waals surface area contributed by atoms with Gasteiger partial charge in [0.25, 0.3) is 5.91 Å². The lowest BCUT2D eigenvalue weighted by Crippen LogP contribution is -2.39. The lowest BCUT2D eigenvalue weighted by molar-refractivity contribution is 0.0692. The Kier molecular flexibility index (Phi) is 5.28. The Bertz CT molecular complexity index is 851. The number of carbonyl (C=O) groups is 2. The van der Waals surface area contributed by atoms with Gasteiger partial charge in [0.05, 0.1) is 16.1 Å². The molecule has 1 amide bonds. The predicted molar refractivity (Wildman–Crippen MR) is 97.4 cm³/mol. The van der Waals surface area contributed by atoms with Crippen LogP contribution in [0.5, 0.6) is 0 Å². The summed E-state index contributed by atoms with van der Waals surface area (Å²) in [6, 6.07) is 9.51. The number of aryl methyl sites for hydroxylation is 1. The Labute approximate surface area is 156 Å². The van der Waals surface area contributed by atoms with Crippen LogP contribution in [-0.4, -0.2) is 35.0 Å². The molecule has 2 aromatic carbocycles. The molecule has 0 spiro atoms. The van der Waals surface area contributed by atoms with Crippen molar-refractivity contribution in [2.24, 2.45) is 0 Å². The van der Waals surface area contributed by atoms with Crippen molar-refractivity contribution in [3.63, 3.8) is 0 Å². The van der Waals surface area contributed by atoms with Crippen LogP contribution in [0.1, 0.15) is 50.6 Å². The number of benzene rings is 2. The van der Waals surface area contributed by atoms with Gasteiger partial charge in [-0.3, -0.25) is 4.79 Å². The Hall–Kier alpha value is -2.40. The van der Waals surface area contributed by atoms with Crippen molar-refractivity contribution in [2.75, 3.05) is 13.1 Å². The van der Waals surface area contributed by atoms with Crippen LogP contribution in [0.4, 0.5) is 4.39 Å². The molecule has 0 aliphatic carbocycles. The smallest absolute Gasteiger partial charge is 0.335 e. The van der Waals surface area contributed by atoms with Crippen molar-refractivity contribution in [2.45, 2.75) is 25.7 Å². The Balaban J connectivity index is 1.81. The van der Waals surface area contributed by atoms with E-state index in [1.54, 1.807) is 42.2 Å². The maximum Gasteiger partial charge on any atom is 0.335 e. The first-order chi connectivity index (χ1) is 12.4. The summed E-state index contributed by atoms with van der Waals surface area (Å²) >= 11 is 6.17. The number of halogens is 2. The van der Waals surface area contributed by atoms with E-state index in [1.165, 1.54) is 6.07 Å². The van der Waals surface area contributed by atoms with Crippen LogP contribution in [0, 0.1) is 12.7 Å². The summed E-state index contributed by atoms with van der Waals surface area (Å²) < 4.78 is 14.2. The summed E-state index contributed by atoms with van der Waals surface area (Å²) in [4.78, 5) is 25.4. The van der Waals surface area contributed by atoms with Crippen molar-refractivity contribution in [1.82, 2.24) is 4.90 Å². The second kappa shape index (κ2) is 7.46. The number of hydrogen-bond acceptors (Lipinski definition) is 2. The van der Waals surface area contributed by atoms with Crippen molar-refractivity contribution in [3.8, 4) is 0 Å². The fourth-order valence-electron chi connectivity index (χ4n) is 3.34. The first kappa shape index (κ1) is 18.4. The van der Waals surface area contributed by atoms with Crippen LogP contribution in [0.15, 0.2) is 36.4 Å². The minimum absolute atomic E-state index is 0.0754. The monoisotopic (exact) mass is 375 g/mol. The molecule has 0 bridgehead atoms. The molecule has 6 heteroatoms. The Morgan fingerprint density at radius 2 is 1.88 bits per heavy atom. The Morgan fingerprint density at radius 3 is 2.54 bits per heavy atom. The SMILES string of the molecule is Cc1ccc(F)c(C(=O)N2CCC[C@@H](c3ccc(C(=O)O)cc3)C2)c1Cl. The number of rotatable bonds is 3. The number of nitrogens with zero attached hydrogens (tertiary/aromatic N) is 1. The summed E-state index contributed by atoms with van der Waals surface area (Å²) in [5.41, 5.74) is 1.79. The molecule has 0 aromatic heterocycles. The first-order valence-corrected chi connectivity index (χ1v) is 8.83. The minimum Gasteiger partial charge on any atom is -0.478 e. The maximum atomic E-state index is 14.2. The molecule has 1 heterocycles. The molecule has 1 fully saturated rings. The van der Waals surface area contributed by atoms with Crippen molar-refractivity contribution < 1.29 is 19.1 Å². The van der Waals surface area contributed by atoms with Gasteiger partial charge in [0.15, 0.2) is 0 Å². The lowest BCUT2D eigenvalue weighted by atomic mass is 9.89. The molecule has 4 nitrogen and oxygen atoms in total. The normalized spacial score (nSPS) is 17.2. The van der Waals surface area contributed by atoms with Crippen LogP contribution in [-0.2, 0) is 0 Å². The second-order valence-electron chi connectivity index (χ2n) is 6.57. The number of carboxylic acids is 1. The largest absolute Gasteiger partial charge is 0.478 e. The zero-order valence-corrected chi connectivity index (χ0v) is 15.1. The fourth-order valence-corrected chi connectivity index (χ4v) is 3.58. The van der Waals surface area contributed by atoms with Gasteiger partial charge in [0.1, 0.15) is 5.82 Å². The van der Waals surface area contributed by atoms with Crippen molar-refractivity contribution in [3.05, 3.63) is 69.5 Å². The van der Waals surface area contributed by atoms with Gasteiger partial charge in [0, 0.05) is 19.0 Å². The van der Waals surface area contributed by atoms with Gasteiger partial charge >= 0.3 is 5.97 Å². The molecule has 1 saturated heterocycles. The predicted octanol–water partition coefficient (Wildman–Crippen LogP) is 4.51. The molecule has 3 rings (SSSR count). The van der Waals surface area contributed by atoms with E-state index >= 15 is 0 Å². The topological polar surface area (TPSA) is 57.6 Å². The van der Waals surface area contributed by atoms with E-state index in [0.29, 0.717) is 18.7 Å². The van der Waals surface area contributed by atoms with E-state index in [9.17, 15) is 14.0 Å². The van der Waals surface area contributed by atoms with Gasteiger partial charge in [-0.25, -0.2) is 9.18 Å². The van der Waals surface area contributed by atoms with Crippen LogP contribution in [0.3, 0.4) is 0 Å². The highest BCUT2D eigenvalue weighted by Gasteiger charge is 2.28. The van der Waals surface area contributed by atoms with Gasteiger partial charge in [-0.05, 0) is 49.1 Å². The van der Waals surface area contributed by atoms with Crippen LogP contribution in [0.25, 0.3) is 0 Å². The number of carbonyl (C=O) groups excluding carboxylic acids is 1. The van der Waals surface area contributed by atoms with E-state index < -0.39 is 17.7 Å². The summed E-state index contributed by atoms with van der Waals surface area (Å²) in [6.45, 7) is 2.74. The standard InChI is InChI=1S/C20H19ClFNO3/c1-12-4-9-16(22)17(18(12)21)19(24)23-10-2-3-15(11-23)13-5-7-14(8-6-13)20(25)26/h4-9,15H,2-3,10-11H2,1H3,(H,25,26)/t15-/m1/s1. The van der Waals surface area contributed by atoms with Gasteiger partial charge in [-0.1, -0.05) is 29.8 Å². The number of likely N-dealkylation sites (tertiary alicyclic amines) is 1. The highest BCUT2D eigenvalue weighted by atomic mass is 35.5. The maximum absolute atomic E-state index is 14.2. The van der Waals surface area contributed by atoms with Crippen LogP contribution in [0.2, 0.25) is 5.02 Å². The molecule has 0 saturated carbocycles. The summed E-state index contributed by atoms with van der Waals surface area (Å²) in [5, 5.41) is 9.16. The number of carboxylic acid groups (broad SMARTS) is 1. The van der Waals surface area contributed by atoms with Gasteiger partial charge in [-0.2, -0.15) is 0 Å². The molecule has 1 N–H and O–H groups in total. The molecule has 0 radical (unpaired) electrons. The first-order valence-electron chi connectivity index (χ1n) is 8.45. The summed E-state index contributed by atoms with van der Waals surface area (Å²) in [7, 11) is 0. The van der Waals surface area contributed by atoms with Crippen molar-refractivity contribution in [1.29, 1.82) is 0 Å². The molecule has 0 unspecified atom stereocenters. The quantitative estimate of drug-likeness (QED) is 0.858. The van der Waals surface area contributed by atoms with E-state index in [4.69, 9.17) is 16.7 Å². The van der Waals surface area contributed by atoms with E-state index in [-0.39, 0.29) is 22.1 Å². The lowest BCUT2D eigenvalue weighted by Gasteiger charge is -2.33. The molecule has 26 heavy (non-hydrogen) atoms. The van der Waals surface area contributed by atoms with E-state index in [1.807, 2.05) is 0 Å². The minimum atomic E-state index is -0.971. The molecule has 1 aliphatic rings. The Morgan fingerprint density at radius 1 is 1.19 bits per heavy atom. The van der Waals surface area contributed by atoms with Gasteiger partial charge < -0.3 is 10.0 Å². The van der Waals surface area contributed by atoms with Crippen LogP contribution >= 0.6 is 11.6 Å². The van der Waals surface area contributed by atoms with Gasteiger partial charge in [0.2, 0.25) is 0 Å². The second-order valence-corrected chi connectivity index (χ2v) is 6.95. The number of piperidine rings is 1. The van der Waals surface area contributed by atoms with Gasteiger partial charge in [-0.15, -0.1) is 0 Å². The summed E-state index contributed by atoms with van der Waals surface area (Å²) in [6.07, 6.45) is 1.68. The molecule has 1 aliphatic heterocycles. The van der Waals surface area contributed by atoms with E-state index in [0.717, 1.165) is 18.4 Å². The molecule has 2 aromatic rings. The summed E-state index contributed by atoms with van der Waals surface area (Å²) in [5.74, 6) is -1.90. The zero-order valence-electron chi connectivity index (χ0n) is 14.3. The van der Waals surface area contributed by atoms with Crippen LogP contribution < -0.4 is 0 Å². The highest BCUT2D eigenvalue weighted by molar-refractivity contribution is 6.34. The molecule has 1 atom stereocenters. The third-order valence-corrected chi connectivity index (χ3v) is 5.32. The average molecular weight is 376 g/mol. The number of amides is 1. The average Bonchev–Trinajstić information content (AvgIpc) is 2.65. The number of hydrogen-bond donors (Lipinski definition) is 1. The molecular formula is C20H19ClFNO3. The molecular weight excluding hydrogens is 357 g/mol.